The van der Waals surface area contributed by atoms with Crippen LogP contribution in [0.2, 0.25) is 0 Å². The van der Waals surface area contributed by atoms with Crippen molar-refractivity contribution in [2.75, 3.05) is 11.9 Å². The quantitative estimate of drug-likeness (QED) is 0.647. The molecular formula is C13H16N2O. The van der Waals surface area contributed by atoms with Crippen LogP contribution in [0.1, 0.15) is 31.4 Å². The van der Waals surface area contributed by atoms with E-state index in [4.69, 9.17) is 0 Å². The fraction of sp³-hybridized carbons (Fsp3) is 0.462. The third-order valence-corrected chi connectivity index (χ3v) is 2.48. The Morgan fingerprint density at radius 3 is 3.00 bits per heavy atom. The zero-order valence-electron chi connectivity index (χ0n) is 9.67. The van der Waals surface area contributed by atoms with Crippen LogP contribution < -0.4 is 5.32 Å². The van der Waals surface area contributed by atoms with E-state index >= 15 is 0 Å². The van der Waals surface area contributed by atoms with Gasteiger partial charge in [0.25, 0.3) is 0 Å². The number of pyridine rings is 1. The fourth-order valence-electron chi connectivity index (χ4n) is 1.73. The van der Waals surface area contributed by atoms with E-state index in [2.05, 4.69) is 22.1 Å². The zero-order chi connectivity index (χ0) is 11.6. The van der Waals surface area contributed by atoms with Crippen molar-refractivity contribution in [3.8, 4) is 11.8 Å². The number of anilines is 1. The van der Waals surface area contributed by atoms with Crippen LogP contribution in [0.5, 0.6) is 0 Å². The first-order valence-electron chi connectivity index (χ1n) is 5.52. The van der Waals surface area contributed by atoms with E-state index in [9.17, 15) is 5.11 Å². The number of nitrogens with zero attached hydrogens (tertiary/aromatic N) is 1. The number of hydrogen-bond donors (Lipinski definition) is 2. The molecule has 0 saturated heterocycles. The molecule has 84 valence electrons. The van der Waals surface area contributed by atoms with Crippen LogP contribution in [0.25, 0.3) is 0 Å². The van der Waals surface area contributed by atoms with Crippen LogP contribution in [0, 0.1) is 11.8 Å². The summed E-state index contributed by atoms with van der Waals surface area (Å²) in [5, 5.41) is 12.9. The van der Waals surface area contributed by atoms with Gasteiger partial charge in [0.05, 0.1) is 11.9 Å². The third kappa shape index (κ3) is 2.53. The summed E-state index contributed by atoms with van der Waals surface area (Å²) in [6.07, 6.45) is 5.75. The number of fused-ring (bicyclic) bond motifs is 1. The van der Waals surface area contributed by atoms with Gasteiger partial charge >= 0.3 is 0 Å². The molecule has 1 aliphatic heterocycles. The largest absolute Gasteiger partial charge is 0.384 e. The van der Waals surface area contributed by atoms with Crippen molar-refractivity contribution in [2.45, 2.75) is 32.3 Å². The fourth-order valence-corrected chi connectivity index (χ4v) is 1.73. The molecule has 16 heavy (non-hydrogen) atoms. The normalized spacial score (nSPS) is 14.4. The Balaban J connectivity index is 2.37. The lowest BCUT2D eigenvalue weighted by Crippen LogP contribution is -2.15. The molecule has 2 heterocycles. The first-order valence-corrected chi connectivity index (χ1v) is 5.52. The van der Waals surface area contributed by atoms with Crippen LogP contribution >= 0.6 is 0 Å². The second-order valence-electron chi connectivity index (χ2n) is 4.55. The predicted octanol–water partition coefficient (Wildman–Crippen LogP) is 1.56. The monoisotopic (exact) mass is 216 g/mol. The van der Waals surface area contributed by atoms with Crippen molar-refractivity contribution in [3.63, 3.8) is 0 Å². The maximum atomic E-state index is 9.57. The SMILES string of the molecule is CC(C)(O)C#Cc1cncc2c1CCCN2. The van der Waals surface area contributed by atoms with Crippen molar-refractivity contribution in [1.29, 1.82) is 0 Å². The average molecular weight is 216 g/mol. The molecule has 0 aliphatic carbocycles. The molecule has 1 aromatic heterocycles. The van der Waals surface area contributed by atoms with E-state index < -0.39 is 5.60 Å². The van der Waals surface area contributed by atoms with Crippen molar-refractivity contribution in [2.24, 2.45) is 0 Å². The minimum atomic E-state index is -0.954. The topological polar surface area (TPSA) is 45.2 Å². The average Bonchev–Trinajstić information content (AvgIpc) is 2.25. The molecule has 3 nitrogen and oxygen atoms in total. The molecular weight excluding hydrogens is 200 g/mol. The zero-order valence-corrected chi connectivity index (χ0v) is 9.67. The molecule has 0 fully saturated rings. The van der Waals surface area contributed by atoms with E-state index in [-0.39, 0.29) is 0 Å². The number of aromatic nitrogens is 1. The van der Waals surface area contributed by atoms with E-state index in [1.54, 1.807) is 20.0 Å². The molecule has 0 unspecified atom stereocenters. The number of hydrogen-bond acceptors (Lipinski definition) is 3. The Morgan fingerprint density at radius 2 is 2.25 bits per heavy atom. The summed E-state index contributed by atoms with van der Waals surface area (Å²) in [7, 11) is 0. The molecule has 0 saturated carbocycles. The van der Waals surface area contributed by atoms with Gasteiger partial charge in [-0.3, -0.25) is 4.98 Å². The van der Waals surface area contributed by atoms with Crippen molar-refractivity contribution in [1.82, 2.24) is 4.98 Å². The van der Waals surface area contributed by atoms with E-state index in [1.165, 1.54) is 5.56 Å². The number of nitrogens with one attached hydrogen (secondary N) is 1. The summed E-state index contributed by atoms with van der Waals surface area (Å²) < 4.78 is 0. The van der Waals surface area contributed by atoms with Gasteiger partial charge in [0.15, 0.2) is 0 Å². The second kappa shape index (κ2) is 4.15. The van der Waals surface area contributed by atoms with Crippen LogP contribution in [0.3, 0.4) is 0 Å². The van der Waals surface area contributed by atoms with Crippen LogP contribution in [-0.4, -0.2) is 22.2 Å². The Bertz CT molecular complexity index is 449. The van der Waals surface area contributed by atoms with E-state index in [0.29, 0.717) is 0 Å². The lowest BCUT2D eigenvalue weighted by molar-refractivity contribution is 0.143. The first-order chi connectivity index (χ1) is 7.56. The Labute approximate surface area is 95.9 Å². The van der Waals surface area contributed by atoms with Crippen LogP contribution in [-0.2, 0) is 6.42 Å². The maximum absolute atomic E-state index is 9.57. The van der Waals surface area contributed by atoms with Crippen molar-refractivity contribution >= 4 is 5.69 Å². The highest BCUT2D eigenvalue weighted by Gasteiger charge is 2.12. The van der Waals surface area contributed by atoms with Gasteiger partial charge in [-0.1, -0.05) is 11.8 Å². The molecule has 2 N–H and O–H groups in total. The van der Waals surface area contributed by atoms with Crippen LogP contribution in [0.15, 0.2) is 12.4 Å². The summed E-state index contributed by atoms with van der Waals surface area (Å²) in [5.74, 6) is 5.84. The summed E-state index contributed by atoms with van der Waals surface area (Å²) >= 11 is 0. The van der Waals surface area contributed by atoms with Gasteiger partial charge in [-0.05, 0) is 32.3 Å². The van der Waals surface area contributed by atoms with Crippen molar-refractivity contribution < 1.29 is 5.11 Å². The van der Waals surface area contributed by atoms with E-state index in [0.717, 1.165) is 30.6 Å². The lowest BCUT2D eigenvalue weighted by atomic mass is 10.00. The van der Waals surface area contributed by atoms with Gasteiger partial charge in [0.1, 0.15) is 5.60 Å². The molecule has 0 bridgehead atoms. The van der Waals surface area contributed by atoms with Crippen molar-refractivity contribution in [3.05, 3.63) is 23.5 Å². The summed E-state index contributed by atoms with van der Waals surface area (Å²) in [4.78, 5) is 4.15. The maximum Gasteiger partial charge on any atom is 0.120 e. The van der Waals surface area contributed by atoms with Gasteiger partial charge in [0.2, 0.25) is 0 Å². The highest BCUT2D eigenvalue weighted by molar-refractivity contribution is 5.58. The molecule has 1 aliphatic rings. The van der Waals surface area contributed by atoms with Gasteiger partial charge in [0, 0.05) is 18.3 Å². The molecule has 1 aromatic rings. The Hall–Kier alpha value is -1.53. The molecule has 0 radical (unpaired) electrons. The summed E-state index contributed by atoms with van der Waals surface area (Å²) in [5.41, 5.74) is 2.27. The van der Waals surface area contributed by atoms with Gasteiger partial charge in [-0.15, -0.1) is 0 Å². The number of aliphatic hydroxyl groups is 1. The van der Waals surface area contributed by atoms with E-state index in [1.807, 2.05) is 6.20 Å². The van der Waals surface area contributed by atoms with Gasteiger partial charge in [-0.2, -0.15) is 0 Å². The molecule has 0 atom stereocenters. The highest BCUT2D eigenvalue weighted by Crippen LogP contribution is 2.23. The minimum Gasteiger partial charge on any atom is -0.384 e. The molecule has 0 aromatic carbocycles. The Kier molecular flexibility index (Phi) is 2.84. The minimum absolute atomic E-state index is 0.923. The molecule has 0 amide bonds. The van der Waals surface area contributed by atoms with Gasteiger partial charge in [-0.25, -0.2) is 0 Å². The second-order valence-corrected chi connectivity index (χ2v) is 4.55. The predicted molar refractivity (Wildman–Crippen MR) is 64.2 cm³/mol. The smallest absolute Gasteiger partial charge is 0.120 e. The van der Waals surface area contributed by atoms with Gasteiger partial charge < -0.3 is 10.4 Å². The van der Waals surface area contributed by atoms with Crippen LogP contribution in [0.4, 0.5) is 5.69 Å². The number of rotatable bonds is 0. The standard InChI is InChI=1S/C13H16N2O/c1-13(2,16)6-5-10-8-14-9-12-11(10)4-3-7-15-12/h8-9,15-16H,3-4,7H2,1-2H3. The highest BCUT2D eigenvalue weighted by atomic mass is 16.3. The lowest BCUT2D eigenvalue weighted by Gasteiger charge is -2.18. The first kappa shape index (κ1) is 11.0. The molecule has 3 heteroatoms. The molecule has 2 rings (SSSR count). The Morgan fingerprint density at radius 1 is 1.44 bits per heavy atom. The third-order valence-electron chi connectivity index (χ3n) is 2.48. The summed E-state index contributed by atoms with van der Waals surface area (Å²) in [6, 6.07) is 0. The molecule has 0 spiro atoms. The summed E-state index contributed by atoms with van der Waals surface area (Å²) in [6.45, 7) is 4.36.